The van der Waals surface area contributed by atoms with Gasteiger partial charge in [0.2, 0.25) is 0 Å². The molecule has 0 aromatic carbocycles. The fourth-order valence-electron chi connectivity index (χ4n) is 3.17. The Morgan fingerprint density at radius 1 is 1.06 bits per heavy atom. The van der Waals surface area contributed by atoms with E-state index in [2.05, 4.69) is 0 Å². The molecular formula is C18H20F3N3O10. The lowest BCUT2D eigenvalue weighted by molar-refractivity contribution is -0.240. The Labute approximate surface area is 188 Å². The molecule has 5 atom stereocenters. The third kappa shape index (κ3) is 6.66. The minimum atomic E-state index is -5.40. The first kappa shape index (κ1) is 26.6. The van der Waals surface area contributed by atoms with E-state index < -0.39 is 78.4 Å². The van der Waals surface area contributed by atoms with Crippen molar-refractivity contribution in [3.8, 4) is 0 Å². The summed E-state index contributed by atoms with van der Waals surface area (Å²) in [5.41, 5.74) is -2.00. The highest BCUT2D eigenvalue weighted by molar-refractivity contribution is 5.82. The summed E-state index contributed by atoms with van der Waals surface area (Å²) >= 11 is 0. The molecule has 0 spiro atoms. The van der Waals surface area contributed by atoms with E-state index in [1.54, 1.807) is 5.32 Å². The van der Waals surface area contributed by atoms with Gasteiger partial charge in [0.1, 0.15) is 18.8 Å². The number of aromatic amines is 1. The highest BCUT2D eigenvalue weighted by Gasteiger charge is 2.53. The normalized spacial score (nSPS) is 24.6. The zero-order valence-corrected chi connectivity index (χ0v) is 17.9. The topological polar surface area (TPSA) is 172 Å². The number of hydrogen-bond donors (Lipinski definition) is 2. The predicted molar refractivity (Wildman–Crippen MR) is 101 cm³/mol. The molecule has 1 aliphatic rings. The maximum absolute atomic E-state index is 13.0. The smallest absolute Gasteiger partial charge is 0.463 e. The van der Waals surface area contributed by atoms with Crippen molar-refractivity contribution in [1.82, 2.24) is 14.9 Å². The van der Waals surface area contributed by atoms with Gasteiger partial charge in [0, 0.05) is 33.0 Å². The first-order valence-corrected chi connectivity index (χ1v) is 9.53. The number of H-pyrrole nitrogens is 1. The Kier molecular flexibility index (Phi) is 8.20. The summed E-state index contributed by atoms with van der Waals surface area (Å²) in [7, 11) is 0. The molecule has 13 nitrogen and oxygen atoms in total. The Morgan fingerprint density at radius 3 is 2.15 bits per heavy atom. The predicted octanol–water partition coefficient (Wildman–Crippen LogP) is -1.09. The Hall–Kier alpha value is -3.69. The summed E-state index contributed by atoms with van der Waals surface area (Å²) in [4.78, 5) is 72.1. The molecule has 1 amide bonds. The molecule has 2 N–H and O–H groups in total. The minimum absolute atomic E-state index is 0.615. The molecule has 2 heterocycles. The molecule has 34 heavy (non-hydrogen) atoms. The van der Waals surface area contributed by atoms with Crippen molar-refractivity contribution in [1.29, 1.82) is 0 Å². The van der Waals surface area contributed by atoms with Gasteiger partial charge in [0.15, 0.2) is 18.4 Å². The van der Waals surface area contributed by atoms with E-state index >= 15 is 0 Å². The van der Waals surface area contributed by atoms with E-state index in [1.807, 2.05) is 4.98 Å². The van der Waals surface area contributed by atoms with E-state index in [1.165, 1.54) is 0 Å². The van der Waals surface area contributed by atoms with Crippen molar-refractivity contribution in [2.45, 2.75) is 57.5 Å². The SMILES string of the molecule is CC(=O)OC[C@H]1O[C@@H](n2ccc(=O)[nH]c2=O)[C@@H](NC(=O)C(F)(F)F)[C@@H](OC(C)=O)[C@H]1OC(C)=O. The molecule has 0 unspecified atom stereocenters. The van der Waals surface area contributed by atoms with Crippen molar-refractivity contribution in [3.63, 3.8) is 0 Å². The number of alkyl halides is 3. The lowest BCUT2D eigenvalue weighted by Gasteiger charge is -2.45. The molecule has 1 saturated heterocycles. The second-order valence-corrected chi connectivity index (χ2v) is 7.03. The lowest BCUT2D eigenvalue weighted by Crippen LogP contribution is -2.66. The van der Waals surface area contributed by atoms with Gasteiger partial charge in [0.25, 0.3) is 5.56 Å². The van der Waals surface area contributed by atoms with Crippen LogP contribution in [0.15, 0.2) is 21.9 Å². The van der Waals surface area contributed by atoms with Crippen LogP contribution in [0.25, 0.3) is 0 Å². The molecule has 188 valence electrons. The fourth-order valence-corrected chi connectivity index (χ4v) is 3.17. The van der Waals surface area contributed by atoms with Gasteiger partial charge in [-0.15, -0.1) is 0 Å². The average Bonchev–Trinajstić information content (AvgIpc) is 2.68. The summed E-state index contributed by atoms with van der Waals surface area (Å²) in [5.74, 6) is -5.31. The second kappa shape index (κ2) is 10.5. The van der Waals surface area contributed by atoms with E-state index in [0.717, 1.165) is 33.0 Å². The second-order valence-electron chi connectivity index (χ2n) is 7.03. The number of halogens is 3. The summed E-state index contributed by atoms with van der Waals surface area (Å²) in [5, 5.41) is 1.58. The highest BCUT2D eigenvalue weighted by atomic mass is 19.4. The van der Waals surface area contributed by atoms with Crippen LogP contribution in [-0.2, 0) is 38.1 Å². The van der Waals surface area contributed by atoms with Gasteiger partial charge in [-0.3, -0.25) is 33.5 Å². The van der Waals surface area contributed by atoms with Gasteiger partial charge < -0.3 is 24.3 Å². The third-order valence-corrected chi connectivity index (χ3v) is 4.40. The van der Waals surface area contributed by atoms with Crippen LogP contribution in [0.1, 0.15) is 27.0 Å². The summed E-state index contributed by atoms with van der Waals surface area (Å²) < 4.78 is 60.3. The molecule has 0 aliphatic carbocycles. The van der Waals surface area contributed by atoms with Gasteiger partial charge in [-0.1, -0.05) is 0 Å². The number of hydrogen-bond acceptors (Lipinski definition) is 10. The summed E-state index contributed by atoms with van der Waals surface area (Å²) in [6, 6.07) is -1.12. The summed E-state index contributed by atoms with van der Waals surface area (Å²) in [6.45, 7) is 2.23. The van der Waals surface area contributed by atoms with Gasteiger partial charge in [-0.05, 0) is 0 Å². The number of carbonyl (C=O) groups is 4. The van der Waals surface area contributed by atoms with Crippen LogP contribution in [0.2, 0.25) is 0 Å². The standard InChI is InChI=1S/C18H20F3N3O10/c1-7(25)31-6-10-13(32-8(2)26)14(33-9(3)27)12(23-16(29)18(19,20)21)15(34-10)24-5-4-11(28)22-17(24)30/h4-5,10,12-15H,6H2,1-3H3,(H,23,29)(H,22,28,30)/t10-,12+,13+,14-,15-/m1/s1. The van der Waals surface area contributed by atoms with Crippen molar-refractivity contribution in [2.24, 2.45) is 0 Å². The minimum Gasteiger partial charge on any atom is -0.463 e. The Balaban J connectivity index is 2.66. The van der Waals surface area contributed by atoms with Crippen LogP contribution >= 0.6 is 0 Å². The molecule has 1 aromatic heterocycles. The van der Waals surface area contributed by atoms with E-state index in [9.17, 15) is 41.9 Å². The number of nitrogens with one attached hydrogen (secondary N) is 2. The fraction of sp³-hybridized carbons (Fsp3) is 0.556. The van der Waals surface area contributed by atoms with Gasteiger partial charge in [0.05, 0.1) is 0 Å². The van der Waals surface area contributed by atoms with Crippen LogP contribution < -0.4 is 16.6 Å². The molecule has 1 fully saturated rings. The molecule has 0 bridgehead atoms. The maximum atomic E-state index is 13.0. The number of rotatable bonds is 6. The third-order valence-electron chi connectivity index (χ3n) is 4.40. The summed E-state index contributed by atoms with van der Waals surface area (Å²) in [6.07, 6.45) is -11.4. The molecular weight excluding hydrogens is 475 g/mol. The van der Waals surface area contributed by atoms with Crippen LogP contribution in [0, 0.1) is 0 Å². The zero-order valence-electron chi connectivity index (χ0n) is 17.9. The number of aromatic nitrogens is 2. The molecule has 2 rings (SSSR count). The quantitative estimate of drug-likeness (QED) is 0.365. The first-order valence-electron chi connectivity index (χ1n) is 9.53. The molecule has 0 saturated carbocycles. The van der Waals surface area contributed by atoms with Crippen molar-refractivity contribution in [2.75, 3.05) is 6.61 Å². The number of nitrogens with zero attached hydrogens (tertiary/aromatic N) is 1. The van der Waals surface area contributed by atoms with Crippen LogP contribution in [0.3, 0.4) is 0 Å². The maximum Gasteiger partial charge on any atom is 0.471 e. The van der Waals surface area contributed by atoms with Gasteiger partial charge >= 0.3 is 35.7 Å². The zero-order chi connectivity index (χ0) is 25.8. The number of amides is 1. The van der Waals surface area contributed by atoms with Gasteiger partial charge in [-0.25, -0.2) is 4.79 Å². The molecule has 0 radical (unpaired) electrons. The van der Waals surface area contributed by atoms with Crippen LogP contribution in [-0.4, -0.2) is 70.5 Å². The van der Waals surface area contributed by atoms with Crippen LogP contribution in [0.4, 0.5) is 13.2 Å². The number of esters is 3. The van der Waals surface area contributed by atoms with Crippen LogP contribution in [0.5, 0.6) is 0 Å². The van der Waals surface area contributed by atoms with Crippen molar-refractivity contribution in [3.05, 3.63) is 33.1 Å². The van der Waals surface area contributed by atoms with Crippen molar-refractivity contribution >= 4 is 23.8 Å². The van der Waals surface area contributed by atoms with Crippen molar-refractivity contribution < 1.29 is 51.3 Å². The Morgan fingerprint density at radius 2 is 1.65 bits per heavy atom. The first-order chi connectivity index (χ1) is 15.7. The van der Waals surface area contributed by atoms with E-state index in [4.69, 9.17) is 18.9 Å². The monoisotopic (exact) mass is 495 g/mol. The Bertz CT molecular complexity index is 1070. The highest BCUT2D eigenvalue weighted by Crippen LogP contribution is 2.32. The lowest BCUT2D eigenvalue weighted by atomic mass is 9.94. The van der Waals surface area contributed by atoms with E-state index in [-0.39, 0.29) is 0 Å². The number of carbonyl (C=O) groups excluding carboxylic acids is 4. The average molecular weight is 495 g/mol. The van der Waals surface area contributed by atoms with E-state index in [0.29, 0.717) is 4.57 Å². The molecule has 1 aliphatic heterocycles. The largest absolute Gasteiger partial charge is 0.471 e. The molecule has 16 heteroatoms. The number of ether oxygens (including phenoxy) is 4. The molecule has 1 aromatic rings. The van der Waals surface area contributed by atoms with Gasteiger partial charge in [-0.2, -0.15) is 13.2 Å².